The van der Waals surface area contributed by atoms with E-state index < -0.39 is 22.9 Å². The number of halogens is 1. The van der Waals surface area contributed by atoms with Crippen molar-refractivity contribution in [1.82, 2.24) is 9.55 Å². The van der Waals surface area contributed by atoms with E-state index in [1.165, 1.54) is 18.2 Å². The number of carbonyl (C=O) groups excluding carboxylic acids is 2. The second-order valence-corrected chi connectivity index (χ2v) is 8.28. The lowest BCUT2D eigenvalue weighted by Crippen LogP contribution is -2.27. The predicted octanol–water partition coefficient (Wildman–Crippen LogP) is 4.94. The molecule has 0 saturated heterocycles. The van der Waals surface area contributed by atoms with E-state index >= 15 is 0 Å². The molecule has 1 aromatic heterocycles. The fraction of sp³-hybridized carbons (Fsp3) is 0.125. The van der Waals surface area contributed by atoms with Crippen molar-refractivity contribution >= 4 is 50.2 Å². The molecule has 1 unspecified atom stereocenters. The second-order valence-electron chi connectivity index (χ2n) is 7.42. The minimum Gasteiger partial charge on any atom is -0.446 e. The molecule has 0 saturated carbocycles. The number of nitrogens with zero attached hydrogens (tertiary/aromatic N) is 3. The summed E-state index contributed by atoms with van der Waals surface area (Å²) in [7, 11) is 0. The number of anilines is 1. The van der Waals surface area contributed by atoms with Gasteiger partial charge in [-0.2, -0.15) is 0 Å². The SMILES string of the molecule is Cc1nc2ccccc2n1CC(=O)OC(C(=O)Nc1ccc([N+](=O)[O-])cc1Br)c1ccccc1. The zero-order valence-electron chi connectivity index (χ0n) is 18.0. The lowest BCUT2D eigenvalue weighted by Gasteiger charge is -2.19. The molecule has 0 radical (unpaired) electrons. The molecule has 0 spiro atoms. The first kappa shape index (κ1) is 23.1. The number of imidazole rings is 1. The molecule has 1 N–H and O–H groups in total. The van der Waals surface area contributed by atoms with E-state index in [-0.39, 0.29) is 12.2 Å². The molecule has 4 rings (SSSR count). The third-order valence-corrected chi connectivity index (χ3v) is 5.80. The molecular weight excluding hydrogens is 504 g/mol. The van der Waals surface area contributed by atoms with Crippen LogP contribution in [0.3, 0.4) is 0 Å². The first-order valence-electron chi connectivity index (χ1n) is 10.2. The quantitative estimate of drug-likeness (QED) is 0.209. The Morgan fingerprint density at radius 2 is 1.82 bits per heavy atom. The Morgan fingerprint density at radius 1 is 1.12 bits per heavy atom. The first-order valence-corrected chi connectivity index (χ1v) is 11.0. The van der Waals surface area contributed by atoms with Gasteiger partial charge in [0.1, 0.15) is 12.4 Å². The van der Waals surface area contributed by atoms with Crippen molar-refractivity contribution in [3.63, 3.8) is 0 Å². The van der Waals surface area contributed by atoms with E-state index in [4.69, 9.17) is 4.74 Å². The highest BCUT2D eigenvalue weighted by atomic mass is 79.9. The zero-order chi connectivity index (χ0) is 24.2. The normalized spacial score (nSPS) is 11.7. The summed E-state index contributed by atoms with van der Waals surface area (Å²) in [6.07, 6.45) is -1.23. The molecule has 34 heavy (non-hydrogen) atoms. The maximum Gasteiger partial charge on any atom is 0.327 e. The van der Waals surface area contributed by atoms with Crippen LogP contribution in [-0.2, 0) is 20.9 Å². The number of fused-ring (bicyclic) bond motifs is 1. The maximum absolute atomic E-state index is 13.1. The molecule has 9 nitrogen and oxygen atoms in total. The average Bonchev–Trinajstić information content (AvgIpc) is 3.14. The number of nitro benzene ring substituents is 1. The van der Waals surface area contributed by atoms with Gasteiger partial charge in [0.15, 0.2) is 0 Å². The number of rotatable bonds is 7. The van der Waals surface area contributed by atoms with Gasteiger partial charge in [0.25, 0.3) is 11.6 Å². The smallest absolute Gasteiger partial charge is 0.327 e. The molecule has 10 heteroatoms. The molecule has 0 aliphatic heterocycles. The van der Waals surface area contributed by atoms with Crippen molar-refractivity contribution in [1.29, 1.82) is 0 Å². The van der Waals surface area contributed by atoms with Crippen LogP contribution in [0.2, 0.25) is 0 Å². The lowest BCUT2D eigenvalue weighted by atomic mass is 10.1. The molecule has 1 atom stereocenters. The Kier molecular flexibility index (Phi) is 6.69. The fourth-order valence-corrected chi connectivity index (χ4v) is 3.98. The lowest BCUT2D eigenvalue weighted by molar-refractivity contribution is -0.384. The van der Waals surface area contributed by atoms with Crippen molar-refractivity contribution in [2.24, 2.45) is 0 Å². The van der Waals surface area contributed by atoms with Crippen LogP contribution in [0.15, 0.2) is 77.3 Å². The van der Waals surface area contributed by atoms with Gasteiger partial charge in [0, 0.05) is 22.2 Å². The third kappa shape index (κ3) is 4.96. The van der Waals surface area contributed by atoms with Crippen molar-refractivity contribution < 1.29 is 19.2 Å². The standard InChI is InChI=1S/C24H19BrN4O5/c1-15-26-20-9-5-6-10-21(20)28(15)14-22(30)34-23(16-7-3-2-4-8-16)24(31)27-19-12-11-17(29(32)33)13-18(19)25/h2-13,23H,14H2,1H3,(H,27,31). The first-order chi connectivity index (χ1) is 16.3. The number of amides is 1. The van der Waals surface area contributed by atoms with Crippen LogP contribution in [0.25, 0.3) is 11.0 Å². The van der Waals surface area contributed by atoms with Gasteiger partial charge < -0.3 is 14.6 Å². The number of para-hydroxylation sites is 2. The van der Waals surface area contributed by atoms with Crippen LogP contribution in [-0.4, -0.2) is 26.4 Å². The van der Waals surface area contributed by atoms with Crippen molar-refractivity contribution in [2.45, 2.75) is 19.6 Å². The number of carbonyl (C=O) groups is 2. The largest absolute Gasteiger partial charge is 0.446 e. The molecule has 0 bridgehead atoms. The summed E-state index contributed by atoms with van der Waals surface area (Å²) in [5.41, 5.74) is 2.21. The van der Waals surface area contributed by atoms with E-state index in [0.717, 1.165) is 11.0 Å². The number of benzene rings is 3. The van der Waals surface area contributed by atoms with E-state index in [1.807, 2.05) is 24.3 Å². The van der Waals surface area contributed by atoms with E-state index in [9.17, 15) is 19.7 Å². The summed E-state index contributed by atoms with van der Waals surface area (Å²) < 4.78 is 7.68. The summed E-state index contributed by atoms with van der Waals surface area (Å²) in [6.45, 7) is 1.67. The number of hydrogen-bond acceptors (Lipinski definition) is 6. The van der Waals surface area contributed by atoms with E-state index in [0.29, 0.717) is 21.5 Å². The van der Waals surface area contributed by atoms with Crippen LogP contribution in [0, 0.1) is 17.0 Å². The zero-order valence-corrected chi connectivity index (χ0v) is 19.6. The number of nitrogens with one attached hydrogen (secondary N) is 1. The number of esters is 1. The van der Waals surface area contributed by atoms with Crippen molar-refractivity contribution in [3.05, 3.63) is 98.8 Å². The second kappa shape index (κ2) is 9.84. The molecule has 3 aromatic carbocycles. The molecule has 0 aliphatic rings. The van der Waals surface area contributed by atoms with Gasteiger partial charge in [-0.05, 0) is 41.1 Å². The fourth-order valence-electron chi connectivity index (χ4n) is 3.51. The molecule has 1 amide bonds. The van der Waals surface area contributed by atoms with Crippen LogP contribution in [0.1, 0.15) is 17.5 Å². The van der Waals surface area contributed by atoms with Crippen LogP contribution < -0.4 is 5.32 Å². The number of ether oxygens (including phenoxy) is 1. The van der Waals surface area contributed by atoms with Gasteiger partial charge in [-0.15, -0.1) is 0 Å². The van der Waals surface area contributed by atoms with E-state index in [2.05, 4.69) is 26.2 Å². The minimum atomic E-state index is -1.23. The Balaban J connectivity index is 1.57. The number of non-ortho nitro benzene ring substituents is 1. The highest BCUT2D eigenvalue weighted by Gasteiger charge is 2.26. The summed E-state index contributed by atoms with van der Waals surface area (Å²) in [5, 5.41) is 13.6. The summed E-state index contributed by atoms with van der Waals surface area (Å²) in [4.78, 5) is 40.9. The van der Waals surface area contributed by atoms with Gasteiger partial charge in [-0.1, -0.05) is 42.5 Å². The Hall–Kier alpha value is -4.05. The molecule has 0 aliphatic carbocycles. The van der Waals surface area contributed by atoms with Crippen molar-refractivity contribution in [2.75, 3.05) is 5.32 Å². The van der Waals surface area contributed by atoms with Crippen LogP contribution in [0.5, 0.6) is 0 Å². The van der Waals surface area contributed by atoms with Crippen LogP contribution in [0.4, 0.5) is 11.4 Å². The third-order valence-electron chi connectivity index (χ3n) is 5.14. The van der Waals surface area contributed by atoms with Crippen molar-refractivity contribution in [3.8, 4) is 0 Å². The molecular formula is C24H19BrN4O5. The number of aromatic nitrogens is 2. The van der Waals surface area contributed by atoms with E-state index in [1.54, 1.807) is 41.8 Å². The number of nitro groups is 1. The monoisotopic (exact) mass is 522 g/mol. The Morgan fingerprint density at radius 3 is 2.53 bits per heavy atom. The van der Waals surface area contributed by atoms with Gasteiger partial charge in [0.2, 0.25) is 6.10 Å². The summed E-state index contributed by atoms with van der Waals surface area (Å²) in [6, 6.07) is 20.0. The number of aryl methyl sites for hydroxylation is 1. The van der Waals surface area contributed by atoms with Gasteiger partial charge in [-0.3, -0.25) is 19.7 Å². The van der Waals surface area contributed by atoms with Crippen LogP contribution >= 0.6 is 15.9 Å². The topological polar surface area (TPSA) is 116 Å². The summed E-state index contributed by atoms with van der Waals surface area (Å²) >= 11 is 3.23. The Labute approximate surface area is 202 Å². The highest BCUT2D eigenvalue weighted by Crippen LogP contribution is 2.29. The minimum absolute atomic E-state index is 0.121. The van der Waals surface area contributed by atoms with Gasteiger partial charge in [0.05, 0.1) is 21.6 Å². The highest BCUT2D eigenvalue weighted by molar-refractivity contribution is 9.10. The number of hydrogen-bond donors (Lipinski definition) is 1. The molecule has 0 fully saturated rings. The molecule has 1 heterocycles. The molecule has 4 aromatic rings. The molecule has 172 valence electrons. The average molecular weight is 523 g/mol. The Bertz CT molecular complexity index is 1390. The summed E-state index contributed by atoms with van der Waals surface area (Å²) in [5.74, 6) is -0.562. The predicted molar refractivity (Wildman–Crippen MR) is 129 cm³/mol. The van der Waals surface area contributed by atoms with Gasteiger partial charge >= 0.3 is 5.97 Å². The maximum atomic E-state index is 13.1. The van der Waals surface area contributed by atoms with Gasteiger partial charge in [-0.25, -0.2) is 4.98 Å².